The Morgan fingerprint density at radius 2 is 1.87 bits per heavy atom. The fourth-order valence-corrected chi connectivity index (χ4v) is 4.08. The summed E-state index contributed by atoms with van der Waals surface area (Å²) in [5.41, 5.74) is 2.69. The predicted molar refractivity (Wildman–Crippen MR) is 118 cm³/mol. The van der Waals surface area contributed by atoms with Crippen LogP contribution in [0.5, 0.6) is 5.75 Å². The number of aromatic amines is 1. The van der Waals surface area contributed by atoms with E-state index in [1.54, 1.807) is 25.3 Å². The van der Waals surface area contributed by atoms with Crippen molar-refractivity contribution in [3.8, 4) is 28.6 Å². The lowest BCUT2D eigenvalue weighted by Gasteiger charge is -2.00. The first-order chi connectivity index (χ1) is 15.1. The van der Waals surface area contributed by atoms with Gasteiger partial charge in [-0.1, -0.05) is 23.2 Å². The maximum absolute atomic E-state index is 6.23. The van der Waals surface area contributed by atoms with Gasteiger partial charge in [0.25, 0.3) is 5.22 Å². The fourth-order valence-electron chi connectivity index (χ4n) is 2.88. The van der Waals surface area contributed by atoms with Gasteiger partial charge in [-0.25, -0.2) is 15.0 Å². The van der Waals surface area contributed by atoms with E-state index in [4.69, 9.17) is 32.4 Å². The lowest BCUT2D eigenvalue weighted by molar-refractivity contribution is 0.415. The zero-order valence-corrected chi connectivity index (χ0v) is 18.2. The molecule has 3 heterocycles. The van der Waals surface area contributed by atoms with Gasteiger partial charge in [0, 0.05) is 10.6 Å². The lowest BCUT2D eigenvalue weighted by Crippen LogP contribution is -1.85. The normalized spacial score (nSPS) is 11.2. The maximum atomic E-state index is 6.23. The van der Waals surface area contributed by atoms with Gasteiger partial charge in [0.2, 0.25) is 5.89 Å². The van der Waals surface area contributed by atoms with Crippen LogP contribution in [0.3, 0.4) is 0 Å². The maximum Gasteiger partial charge on any atom is 0.283 e. The average Bonchev–Trinajstić information content (AvgIpc) is 3.41. The second-order valence-electron chi connectivity index (χ2n) is 6.29. The van der Waals surface area contributed by atoms with Gasteiger partial charge in [-0.05, 0) is 54.2 Å². The highest BCUT2D eigenvalue weighted by Gasteiger charge is 2.17. The second-order valence-corrected chi connectivity index (χ2v) is 8.07. The van der Waals surface area contributed by atoms with E-state index in [1.165, 1.54) is 18.1 Å². The van der Waals surface area contributed by atoms with Gasteiger partial charge in [0.1, 0.15) is 28.4 Å². The van der Waals surface area contributed by atoms with Crippen LogP contribution >= 0.6 is 35.0 Å². The molecule has 31 heavy (non-hydrogen) atoms. The van der Waals surface area contributed by atoms with Crippen LogP contribution in [0.2, 0.25) is 10.0 Å². The van der Waals surface area contributed by atoms with Crippen molar-refractivity contribution in [2.24, 2.45) is 0 Å². The summed E-state index contributed by atoms with van der Waals surface area (Å²) >= 11 is 13.4. The number of benzene rings is 2. The molecule has 1 N–H and O–H groups in total. The molecule has 2 aromatic carbocycles. The van der Waals surface area contributed by atoms with Crippen molar-refractivity contribution in [3.63, 3.8) is 0 Å². The van der Waals surface area contributed by atoms with Crippen molar-refractivity contribution in [1.82, 2.24) is 30.1 Å². The number of imidazole rings is 1. The number of ether oxygens (including phenoxy) is 1. The van der Waals surface area contributed by atoms with Crippen LogP contribution < -0.4 is 4.74 Å². The highest BCUT2D eigenvalue weighted by Crippen LogP contribution is 2.34. The standard InChI is InChI=1S/C20H12Cl2N6O2S/c1-29-12-5-2-10(3-6-12)16-25-15-17(26-16)23-9-24-19(15)31-20-28-27-18(30-20)13-7-4-11(21)8-14(13)22/h2-9H,1H3,(H,23,24,25,26). The molecule has 154 valence electrons. The Labute approximate surface area is 190 Å². The van der Waals surface area contributed by atoms with Gasteiger partial charge in [0.15, 0.2) is 5.65 Å². The molecule has 0 bridgehead atoms. The van der Waals surface area contributed by atoms with E-state index < -0.39 is 0 Å². The van der Waals surface area contributed by atoms with E-state index in [9.17, 15) is 0 Å². The number of methoxy groups -OCH3 is 1. The summed E-state index contributed by atoms with van der Waals surface area (Å²) in [4.78, 5) is 16.4. The average molecular weight is 471 g/mol. The smallest absolute Gasteiger partial charge is 0.283 e. The minimum atomic E-state index is 0.290. The Morgan fingerprint density at radius 1 is 1.03 bits per heavy atom. The molecular weight excluding hydrogens is 459 g/mol. The highest BCUT2D eigenvalue weighted by molar-refractivity contribution is 7.99. The number of nitrogens with zero attached hydrogens (tertiary/aromatic N) is 5. The molecule has 0 saturated heterocycles. The Kier molecular flexibility index (Phi) is 5.23. The van der Waals surface area contributed by atoms with Crippen molar-refractivity contribution in [2.45, 2.75) is 10.2 Å². The Bertz CT molecular complexity index is 1390. The van der Waals surface area contributed by atoms with E-state index in [-0.39, 0.29) is 5.89 Å². The summed E-state index contributed by atoms with van der Waals surface area (Å²) in [6.07, 6.45) is 1.44. The molecule has 0 fully saturated rings. The van der Waals surface area contributed by atoms with Crippen LogP contribution in [-0.2, 0) is 0 Å². The highest BCUT2D eigenvalue weighted by atomic mass is 35.5. The van der Waals surface area contributed by atoms with Crippen LogP contribution in [0, 0.1) is 0 Å². The van der Waals surface area contributed by atoms with E-state index in [0.717, 1.165) is 11.3 Å². The number of aromatic nitrogens is 6. The molecule has 0 spiro atoms. The third kappa shape index (κ3) is 3.95. The molecule has 0 atom stereocenters. The van der Waals surface area contributed by atoms with Gasteiger partial charge < -0.3 is 14.1 Å². The van der Waals surface area contributed by atoms with Gasteiger partial charge in [-0.2, -0.15) is 0 Å². The molecule has 0 aliphatic heterocycles. The molecule has 5 aromatic rings. The molecule has 0 aliphatic rings. The Morgan fingerprint density at radius 3 is 2.65 bits per heavy atom. The molecule has 0 aliphatic carbocycles. The Balaban J connectivity index is 1.45. The molecule has 0 unspecified atom stereocenters. The van der Waals surface area contributed by atoms with Crippen molar-refractivity contribution in [1.29, 1.82) is 0 Å². The van der Waals surface area contributed by atoms with Crippen molar-refractivity contribution in [3.05, 3.63) is 58.8 Å². The summed E-state index contributed by atoms with van der Waals surface area (Å²) in [7, 11) is 1.62. The summed E-state index contributed by atoms with van der Waals surface area (Å²) in [6, 6.07) is 12.6. The van der Waals surface area contributed by atoms with Crippen LogP contribution in [0.4, 0.5) is 0 Å². The SMILES string of the molecule is COc1ccc(-c2nc3ncnc(Sc4nnc(-c5ccc(Cl)cc5Cl)o4)c3[nH]2)cc1. The zero-order chi connectivity index (χ0) is 21.4. The first-order valence-corrected chi connectivity index (χ1v) is 10.5. The minimum Gasteiger partial charge on any atom is -0.497 e. The first-order valence-electron chi connectivity index (χ1n) is 8.92. The largest absolute Gasteiger partial charge is 0.497 e. The second kappa shape index (κ2) is 8.18. The van der Waals surface area contributed by atoms with Gasteiger partial charge in [-0.15, -0.1) is 10.2 Å². The zero-order valence-electron chi connectivity index (χ0n) is 15.8. The van der Waals surface area contributed by atoms with Gasteiger partial charge >= 0.3 is 0 Å². The van der Waals surface area contributed by atoms with Gasteiger partial charge in [0.05, 0.1) is 17.7 Å². The van der Waals surface area contributed by atoms with Crippen LogP contribution in [-0.4, -0.2) is 37.2 Å². The summed E-state index contributed by atoms with van der Waals surface area (Å²) in [6.45, 7) is 0. The summed E-state index contributed by atoms with van der Waals surface area (Å²) in [5.74, 6) is 1.72. The number of H-pyrrole nitrogens is 1. The molecular formula is C20H12Cl2N6O2S. The molecule has 8 nitrogen and oxygen atoms in total. The summed E-state index contributed by atoms with van der Waals surface area (Å²) in [5, 5.41) is 10.0. The third-order valence-electron chi connectivity index (χ3n) is 4.37. The molecule has 5 rings (SSSR count). The van der Waals surface area contributed by atoms with Crippen molar-refractivity contribution >= 4 is 46.1 Å². The van der Waals surface area contributed by atoms with Gasteiger partial charge in [-0.3, -0.25) is 0 Å². The number of hydrogen-bond acceptors (Lipinski definition) is 8. The Hall–Kier alpha value is -3.14. The number of nitrogens with one attached hydrogen (secondary N) is 1. The number of halogens is 2. The molecule has 0 saturated carbocycles. The number of rotatable bonds is 5. The van der Waals surface area contributed by atoms with E-state index in [1.807, 2.05) is 24.3 Å². The topological polar surface area (TPSA) is 103 Å². The number of hydrogen-bond donors (Lipinski definition) is 1. The van der Waals surface area contributed by atoms with Crippen LogP contribution in [0.25, 0.3) is 34.0 Å². The van der Waals surface area contributed by atoms with Crippen molar-refractivity contribution in [2.75, 3.05) is 7.11 Å². The van der Waals surface area contributed by atoms with Crippen LogP contribution in [0.1, 0.15) is 0 Å². The molecule has 11 heteroatoms. The molecule has 3 aromatic heterocycles. The lowest BCUT2D eigenvalue weighted by atomic mass is 10.2. The fraction of sp³-hybridized carbons (Fsp3) is 0.0500. The monoisotopic (exact) mass is 470 g/mol. The predicted octanol–water partition coefficient (Wildman–Crippen LogP) is 5.54. The van der Waals surface area contributed by atoms with E-state index in [2.05, 4.69) is 30.1 Å². The minimum absolute atomic E-state index is 0.290. The number of fused-ring (bicyclic) bond motifs is 1. The van der Waals surface area contributed by atoms with E-state index >= 15 is 0 Å². The summed E-state index contributed by atoms with van der Waals surface area (Å²) < 4.78 is 11.0. The molecule has 0 radical (unpaired) electrons. The van der Waals surface area contributed by atoms with Crippen LogP contribution in [0.15, 0.2) is 63.5 Å². The third-order valence-corrected chi connectivity index (χ3v) is 5.76. The van der Waals surface area contributed by atoms with E-state index in [0.29, 0.717) is 42.8 Å². The quantitative estimate of drug-likeness (QED) is 0.334. The van der Waals surface area contributed by atoms with Crippen molar-refractivity contribution < 1.29 is 9.15 Å². The molecule has 0 amide bonds. The first kappa shape index (κ1) is 19.8.